The van der Waals surface area contributed by atoms with Crippen LogP contribution in [0.2, 0.25) is 0 Å². The van der Waals surface area contributed by atoms with Crippen LogP contribution in [0.4, 0.5) is 5.69 Å². The van der Waals surface area contributed by atoms with Gasteiger partial charge < -0.3 is 5.32 Å². The van der Waals surface area contributed by atoms with Gasteiger partial charge in [0.25, 0.3) is 0 Å². The van der Waals surface area contributed by atoms with Crippen molar-refractivity contribution in [2.24, 2.45) is 0 Å². The lowest BCUT2D eigenvalue weighted by molar-refractivity contribution is 0.622. The number of halogens is 1. The normalized spacial score (nSPS) is 10.2. The van der Waals surface area contributed by atoms with Crippen molar-refractivity contribution in [1.82, 2.24) is 9.78 Å². The van der Waals surface area contributed by atoms with Crippen LogP contribution in [0.3, 0.4) is 0 Å². The molecule has 0 saturated heterocycles. The average molecular weight is 318 g/mol. The van der Waals surface area contributed by atoms with Crippen LogP contribution in [-0.2, 0) is 13.1 Å². The fourth-order valence-electron chi connectivity index (χ4n) is 1.94. The number of hydrogen-bond acceptors (Lipinski definition) is 2. The highest BCUT2D eigenvalue weighted by Gasteiger charge is 2.11. The number of hydrogen-bond donors (Lipinski definition) is 1. The molecule has 0 amide bonds. The molecule has 0 spiro atoms. The lowest BCUT2D eigenvalue weighted by atomic mass is 10.2. The quantitative estimate of drug-likeness (QED) is 0.874. The lowest BCUT2D eigenvalue weighted by Crippen LogP contribution is -2.08. The molecule has 0 unspecified atom stereocenters. The van der Waals surface area contributed by atoms with Crippen molar-refractivity contribution >= 4 is 21.6 Å². The molecule has 1 heterocycles. The predicted molar refractivity (Wildman–Crippen MR) is 82.0 cm³/mol. The molecule has 0 bridgehead atoms. The molecule has 0 saturated carbocycles. The highest BCUT2D eigenvalue weighted by Crippen LogP contribution is 2.22. The first-order valence-corrected chi connectivity index (χ1v) is 6.97. The minimum absolute atomic E-state index is 0.712. The monoisotopic (exact) mass is 317 g/mol. The summed E-state index contributed by atoms with van der Waals surface area (Å²) in [6.07, 6.45) is 5.40. The van der Waals surface area contributed by atoms with Crippen LogP contribution >= 0.6 is 15.9 Å². The Morgan fingerprint density at radius 3 is 2.95 bits per heavy atom. The second-order valence-corrected chi connectivity index (χ2v) is 5.03. The summed E-state index contributed by atoms with van der Waals surface area (Å²) in [7, 11) is 0. The number of nitrogens with one attached hydrogen (secondary N) is 1. The van der Waals surface area contributed by atoms with Gasteiger partial charge in [0.05, 0.1) is 22.4 Å². The summed E-state index contributed by atoms with van der Waals surface area (Å²) in [5.41, 5.74) is 4.05. The highest BCUT2D eigenvalue weighted by atomic mass is 79.9. The molecule has 0 aliphatic carbocycles. The topological polar surface area (TPSA) is 29.9 Å². The summed E-state index contributed by atoms with van der Waals surface area (Å²) in [6, 6.07) is 7.85. The number of aryl methyl sites for hydroxylation is 2. The van der Waals surface area contributed by atoms with Crippen LogP contribution in [-0.4, -0.2) is 9.78 Å². The number of anilines is 1. The Morgan fingerprint density at radius 1 is 1.47 bits per heavy atom. The first kappa shape index (κ1) is 13.7. The van der Waals surface area contributed by atoms with E-state index < -0.39 is 0 Å². The van der Waals surface area contributed by atoms with E-state index in [2.05, 4.69) is 39.2 Å². The van der Waals surface area contributed by atoms with Crippen molar-refractivity contribution in [2.45, 2.75) is 26.9 Å². The molecule has 19 heavy (non-hydrogen) atoms. The Hall–Kier alpha value is -1.73. The van der Waals surface area contributed by atoms with E-state index in [0.29, 0.717) is 6.54 Å². The zero-order chi connectivity index (χ0) is 13.8. The van der Waals surface area contributed by atoms with Gasteiger partial charge >= 0.3 is 0 Å². The second kappa shape index (κ2) is 5.94. The van der Waals surface area contributed by atoms with Crippen LogP contribution in [0.1, 0.15) is 23.9 Å². The van der Waals surface area contributed by atoms with Gasteiger partial charge in [0.1, 0.15) is 0 Å². The summed E-state index contributed by atoms with van der Waals surface area (Å²) in [5.74, 6) is 2.64. The summed E-state index contributed by atoms with van der Waals surface area (Å²) in [5, 5.41) is 7.85. The fraction of sp³-hybridized carbons (Fsp3) is 0.267. The molecule has 98 valence electrons. The molecule has 0 aliphatic rings. The smallest absolute Gasteiger partial charge is 0.0739 e. The van der Waals surface area contributed by atoms with Gasteiger partial charge in [0, 0.05) is 17.8 Å². The van der Waals surface area contributed by atoms with Crippen molar-refractivity contribution in [3.8, 4) is 12.3 Å². The first-order chi connectivity index (χ1) is 9.15. The van der Waals surface area contributed by atoms with Crippen molar-refractivity contribution in [3.63, 3.8) is 0 Å². The SMILES string of the molecule is C#Cc1cccc(NCc2c(Br)c(C)nn2CC)c1. The Morgan fingerprint density at radius 2 is 2.26 bits per heavy atom. The van der Waals surface area contributed by atoms with Crippen LogP contribution < -0.4 is 5.32 Å². The summed E-state index contributed by atoms with van der Waals surface area (Å²) in [6.45, 7) is 5.65. The highest BCUT2D eigenvalue weighted by molar-refractivity contribution is 9.10. The van der Waals surface area contributed by atoms with E-state index in [1.54, 1.807) is 0 Å². The minimum Gasteiger partial charge on any atom is -0.379 e. The van der Waals surface area contributed by atoms with Crippen molar-refractivity contribution in [3.05, 3.63) is 45.7 Å². The van der Waals surface area contributed by atoms with E-state index in [4.69, 9.17) is 6.42 Å². The largest absolute Gasteiger partial charge is 0.379 e. The number of terminal acetylenes is 1. The lowest BCUT2D eigenvalue weighted by Gasteiger charge is -2.09. The van der Waals surface area contributed by atoms with Crippen LogP contribution in [0.25, 0.3) is 0 Å². The molecule has 1 aromatic heterocycles. The van der Waals surface area contributed by atoms with E-state index in [0.717, 1.165) is 33.7 Å². The third-order valence-corrected chi connectivity index (χ3v) is 3.97. The minimum atomic E-state index is 0.712. The molecule has 2 aromatic rings. The zero-order valence-corrected chi connectivity index (χ0v) is 12.7. The zero-order valence-electron chi connectivity index (χ0n) is 11.1. The van der Waals surface area contributed by atoms with E-state index >= 15 is 0 Å². The van der Waals surface area contributed by atoms with Gasteiger partial charge in [-0.1, -0.05) is 12.0 Å². The van der Waals surface area contributed by atoms with Crippen LogP contribution in [0.5, 0.6) is 0 Å². The van der Waals surface area contributed by atoms with Gasteiger partial charge in [-0.3, -0.25) is 4.68 Å². The molecule has 2 rings (SSSR count). The van der Waals surface area contributed by atoms with Crippen molar-refractivity contribution in [2.75, 3.05) is 5.32 Å². The van der Waals surface area contributed by atoms with Crippen LogP contribution in [0.15, 0.2) is 28.7 Å². The average Bonchev–Trinajstić information content (AvgIpc) is 2.72. The van der Waals surface area contributed by atoms with Crippen molar-refractivity contribution < 1.29 is 0 Å². The summed E-state index contributed by atoms with van der Waals surface area (Å²) in [4.78, 5) is 0. The van der Waals surface area contributed by atoms with Gasteiger partial charge in [-0.25, -0.2) is 0 Å². The van der Waals surface area contributed by atoms with Gasteiger partial charge in [-0.05, 0) is 48.0 Å². The Balaban J connectivity index is 2.16. The van der Waals surface area contributed by atoms with Crippen molar-refractivity contribution in [1.29, 1.82) is 0 Å². The van der Waals surface area contributed by atoms with Gasteiger partial charge in [-0.15, -0.1) is 6.42 Å². The van der Waals surface area contributed by atoms with Gasteiger partial charge in [0.15, 0.2) is 0 Å². The predicted octanol–water partition coefficient (Wildman–Crippen LogP) is 3.57. The molecule has 0 atom stereocenters. The van der Waals surface area contributed by atoms with E-state index in [9.17, 15) is 0 Å². The third-order valence-electron chi connectivity index (χ3n) is 2.94. The van der Waals surface area contributed by atoms with Gasteiger partial charge in [0.2, 0.25) is 0 Å². The van der Waals surface area contributed by atoms with Gasteiger partial charge in [-0.2, -0.15) is 5.10 Å². The number of benzene rings is 1. The first-order valence-electron chi connectivity index (χ1n) is 6.18. The summed E-state index contributed by atoms with van der Waals surface area (Å²) < 4.78 is 3.06. The Kier molecular flexibility index (Phi) is 4.28. The number of nitrogens with zero attached hydrogens (tertiary/aromatic N) is 2. The third kappa shape index (κ3) is 2.99. The maximum absolute atomic E-state index is 5.40. The standard InChI is InChI=1S/C15H16BrN3/c1-4-12-7-6-8-13(9-12)17-10-14-15(16)11(3)18-19(14)5-2/h1,6-9,17H,5,10H2,2-3H3. The molecule has 1 aromatic carbocycles. The molecule has 4 heteroatoms. The molecular weight excluding hydrogens is 302 g/mol. The fourth-order valence-corrected chi connectivity index (χ4v) is 2.37. The number of rotatable bonds is 4. The van der Waals surface area contributed by atoms with E-state index in [1.807, 2.05) is 35.9 Å². The Labute approximate surface area is 122 Å². The van der Waals surface area contributed by atoms with E-state index in [1.165, 1.54) is 0 Å². The maximum Gasteiger partial charge on any atom is 0.0739 e. The molecule has 0 radical (unpaired) electrons. The number of aromatic nitrogens is 2. The molecule has 0 fully saturated rings. The summed E-state index contributed by atoms with van der Waals surface area (Å²) >= 11 is 3.59. The second-order valence-electron chi connectivity index (χ2n) is 4.24. The Bertz CT molecular complexity index is 623. The molecule has 1 N–H and O–H groups in total. The maximum atomic E-state index is 5.40. The molecule has 3 nitrogen and oxygen atoms in total. The molecular formula is C15H16BrN3. The van der Waals surface area contributed by atoms with Crippen LogP contribution in [0, 0.1) is 19.3 Å². The molecule has 0 aliphatic heterocycles. The van der Waals surface area contributed by atoms with E-state index in [-0.39, 0.29) is 0 Å².